The number of hydrogen-bond donors (Lipinski definition) is 2. The number of H-pyrrole nitrogens is 1. The van der Waals surface area contributed by atoms with Crippen LogP contribution in [0.2, 0.25) is 0 Å². The van der Waals surface area contributed by atoms with Crippen molar-refractivity contribution in [1.82, 2.24) is 10.2 Å². The van der Waals surface area contributed by atoms with Crippen molar-refractivity contribution in [1.29, 1.82) is 0 Å². The van der Waals surface area contributed by atoms with Crippen LogP contribution in [0.25, 0.3) is 22.4 Å². The van der Waals surface area contributed by atoms with Gasteiger partial charge in [-0.1, -0.05) is 42.5 Å². The highest BCUT2D eigenvalue weighted by molar-refractivity contribution is 5.92. The van der Waals surface area contributed by atoms with Crippen molar-refractivity contribution in [3.63, 3.8) is 0 Å². The maximum absolute atomic E-state index is 12.1. The molecular weight excluding hydrogens is 350 g/mol. The van der Waals surface area contributed by atoms with E-state index in [1.54, 1.807) is 6.20 Å². The molecule has 0 saturated carbocycles. The normalized spacial score (nSPS) is 10.4. The Morgan fingerprint density at radius 2 is 1.50 bits per heavy atom. The van der Waals surface area contributed by atoms with Gasteiger partial charge in [0.2, 0.25) is 0 Å². The maximum Gasteiger partial charge on any atom is 0.262 e. The van der Waals surface area contributed by atoms with Gasteiger partial charge >= 0.3 is 0 Å². The molecule has 0 radical (unpaired) electrons. The Hall–Kier alpha value is -3.86. The van der Waals surface area contributed by atoms with Crippen LogP contribution in [0.4, 0.5) is 5.69 Å². The lowest BCUT2D eigenvalue weighted by Gasteiger charge is -2.09. The number of aromatic nitrogens is 2. The second-order valence-corrected chi connectivity index (χ2v) is 6.26. The average Bonchev–Trinajstić information content (AvgIpc) is 3.29. The molecule has 0 aliphatic heterocycles. The molecule has 0 spiro atoms. The molecule has 0 bridgehead atoms. The Bertz CT molecular complexity index is 1030. The first kappa shape index (κ1) is 17.5. The van der Waals surface area contributed by atoms with E-state index in [0.717, 1.165) is 28.1 Å². The molecule has 0 fully saturated rings. The molecular formula is C23H19N3O2. The minimum atomic E-state index is -0.205. The van der Waals surface area contributed by atoms with Gasteiger partial charge in [-0.15, -0.1) is 0 Å². The standard InChI is InChI=1S/C23H19N3O2/c27-23(16-28-21-12-8-19(9-13-21)22-14-15-24-26-22)25-20-10-6-18(7-11-20)17-4-2-1-3-5-17/h1-15H,16H2,(H,24,26)(H,25,27). The smallest absolute Gasteiger partial charge is 0.262 e. The largest absolute Gasteiger partial charge is 0.484 e. The zero-order valence-electron chi connectivity index (χ0n) is 15.1. The summed E-state index contributed by atoms with van der Waals surface area (Å²) in [5.74, 6) is 0.428. The molecule has 1 aromatic heterocycles. The summed E-state index contributed by atoms with van der Waals surface area (Å²) in [7, 11) is 0. The molecule has 1 amide bonds. The fourth-order valence-corrected chi connectivity index (χ4v) is 2.87. The molecule has 4 rings (SSSR count). The number of ether oxygens (including phenoxy) is 1. The molecule has 5 nitrogen and oxygen atoms in total. The highest BCUT2D eigenvalue weighted by Crippen LogP contribution is 2.22. The molecule has 0 atom stereocenters. The molecule has 4 aromatic rings. The number of nitrogens with one attached hydrogen (secondary N) is 2. The summed E-state index contributed by atoms with van der Waals surface area (Å²) in [4.78, 5) is 12.1. The first-order chi connectivity index (χ1) is 13.8. The zero-order chi connectivity index (χ0) is 19.2. The van der Waals surface area contributed by atoms with Crippen molar-refractivity contribution in [2.75, 3.05) is 11.9 Å². The number of rotatable bonds is 6. The van der Waals surface area contributed by atoms with E-state index in [1.807, 2.05) is 72.8 Å². The second-order valence-electron chi connectivity index (χ2n) is 6.26. The van der Waals surface area contributed by atoms with Crippen LogP contribution in [0.3, 0.4) is 0 Å². The molecule has 1 heterocycles. The molecule has 0 saturated heterocycles. The Morgan fingerprint density at radius 1 is 0.821 bits per heavy atom. The summed E-state index contributed by atoms with van der Waals surface area (Å²) < 4.78 is 5.57. The predicted molar refractivity (Wildman–Crippen MR) is 110 cm³/mol. The minimum Gasteiger partial charge on any atom is -0.484 e. The number of carbonyl (C=O) groups is 1. The monoisotopic (exact) mass is 369 g/mol. The average molecular weight is 369 g/mol. The summed E-state index contributed by atoms with van der Waals surface area (Å²) in [5.41, 5.74) is 4.83. The van der Waals surface area contributed by atoms with Crippen LogP contribution in [-0.2, 0) is 4.79 Å². The molecule has 28 heavy (non-hydrogen) atoms. The van der Waals surface area contributed by atoms with Crippen molar-refractivity contribution in [3.8, 4) is 28.1 Å². The molecule has 3 aromatic carbocycles. The van der Waals surface area contributed by atoms with Gasteiger partial charge in [0, 0.05) is 17.4 Å². The Labute approximate surface area is 163 Å². The van der Waals surface area contributed by atoms with E-state index < -0.39 is 0 Å². The Kier molecular flexibility index (Phi) is 5.15. The fraction of sp³-hybridized carbons (Fsp3) is 0.0435. The lowest BCUT2D eigenvalue weighted by Crippen LogP contribution is -2.20. The second kappa shape index (κ2) is 8.22. The first-order valence-corrected chi connectivity index (χ1v) is 8.96. The number of carbonyl (C=O) groups excluding carboxylic acids is 1. The number of nitrogens with zero attached hydrogens (tertiary/aromatic N) is 1. The number of benzene rings is 3. The van der Waals surface area contributed by atoms with E-state index in [1.165, 1.54) is 0 Å². The first-order valence-electron chi connectivity index (χ1n) is 8.96. The van der Waals surface area contributed by atoms with Gasteiger partial charge in [0.25, 0.3) is 5.91 Å². The van der Waals surface area contributed by atoms with Crippen LogP contribution in [0.5, 0.6) is 5.75 Å². The zero-order valence-corrected chi connectivity index (χ0v) is 15.1. The molecule has 138 valence electrons. The van der Waals surface area contributed by atoms with Crippen LogP contribution in [0.15, 0.2) is 91.1 Å². The lowest BCUT2D eigenvalue weighted by molar-refractivity contribution is -0.118. The van der Waals surface area contributed by atoms with E-state index in [-0.39, 0.29) is 12.5 Å². The predicted octanol–water partition coefficient (Wildman–Crippen LogP) is 4.76. The quantitative estimate of drug-likeness (QED) is 0.515. The summed E-state index contributed by atoms with van der Waals surface area (Å²) in [6, 6.07) is 27.2. The van der Waals surface area contributed by atoms with Crippen molar-refractivity contribution >= 4 is 11.6 Å². The van der Waals surface area contributed by atoms with Crippen LogP contribution >= 0.6 is 0 Å². The van der Waals surface area contributed by atoms with Gasteiger partial charge in [-0.05, 0) is 53.6 Å². The van der Waals surface area contributed by atoms with Gasteiger partial charge in [0.05, 0.1) is 5.69 Å². The van der Waals surface area contributed by atoms with Crippen LogP contribution < -0.4 is 10.1 Å². The topological polar surface area (TPSA) is 67.0 Å². The summed E-state index contributed by atoms with van der Waals surface area (Å²) in [5, 5.41) is 9.76. The van der Waals surface area contributed by atoms with Crippen molar-refractivity contribution < 1.29 is 9.53 Å². The number of anilines is 1. The Morgan fingerprint density at radius 3 is 2.18 bits per heavy atom. The number of amides is 1. The van der Waals surface area contributed by atoms with E-state index in [0.29, 0.717) is 5.75 Å². The third kappa shape index (κ3) is 4.27. The van der Waals surface area contributed by atoms with Crippen LogP contribution in [0.1, 0.15) is 0 Å². The van der Waals surface area contributed by atoms with Gasteiger partial charge in [-0.3, -0.25) is 9.89 Å². The van der Waals surface area contributed by atoms with Crippen LogP contribution in [-0.4, -0.2) is 22.7 Å². The minimum absolute atomic E-state index is 0.0534. The molecule has 0 aliphatic rings. The lowest BCUT2D eigenvalue weighted by atomic mass is 10.1. The maximum atomic E-state index is 12.1. The van der Waals surface area contributed by atoms with Gasteiger partial charge < -0.3 is 10.1 Å². The van der Waals surface area contributed by atoms with Crippen molar-refractivity contribution in [3.05, 3.63) is 91.1 Å². The fourth-order valence-electron chi connectivity index (χ4n) is 2.87. The molecule has 0 unspecified atom stereocenters. The highest BCUT2D eigenvalue weighted by Gasteiger charge is 2.05. The number of aromatic amines is 1. The van der Waals surface area contributed by atoms with Gasteiger partial charge in [-0.25, -0.2) is 0 Å². The summed E-state index contributed by atoms with van der Waals surface area (Å²) >= 11 is 0. The van der Waals surface area contributed by atoms with E-state index in [2.05, 4.69) is 27.6 Å². The molecule has 2 N–H and O–H groups in total. The van der Waals surface area contributed by atoms with Crippen molar-refractivity contribution in [2.45, 2.75) is 0 Å². The molecule has 0 aliphatic carbocycles. The Balaban J connectivity index is 1.31. The molecule has 5 heteroatoms. The third-order valence-electron chi connectivity index (χ3n) is 4.30. The van der Waals surface area contributed by atoms with E-state index in [9.17, 15) is 4.79 Å². The van der Waals surface area contributed by atoms with Crippen LogP contribution in [0, 0.1) is 0 Å². The van der Waals surface area contributed by atoms with E-state index in [4.69, 9.17) is 4.74 Å². The summed E-state index contributed by atoms with van der Waals surface area (Å²) in [6.07, 6.45) is 1.77. The SMILES string of the molecule is O=C(COc1ccc(-c2cc[nH]n2)cc1)Nc1ccc(-c2ccccc2)cc1. The number of hydrogen-bond acceptors (Lipinski definition) is 3. The van der Waals surface area contributed by atoms with Gasteiger partial charge in [0.1, 0.15) is 5.75 Å². The van der Waals surface area contributed by atoms with Gasteiger partial charge in [0.15, 0.2) is 6.61 Å². The third-order valence-corrected chi connectivity index (χ3v) is 4.30. The van der Waals surface area contributed by atoms with Crippen molar-refractivity contribution in [2.24, 2.45) is 0 Å². The van der Waals surface area contributed by atoms with E-state index >= 15 is 0 Å². The summed E-state index contributed by atoms with van der Waals surface area (Å²) in [6.45, 7) is -0.0534. The highest BCUT2D eigenvalue weighted by atomic mass is 16.5. The van der Waals surface area contributed by atoms with Gasteiger partial charge in [-0.2, -0.15) is 5.10 Å².